The summed E-state index contributed by atoms with van der Waals surface area (Å²) in [6.45, 7) is 0. The first-order chi connectivity index (χ1) is 13.6. The van der Waals surface area contributed by atoms with Gasteiger partial charge in [0.25, 0.3) is 0 Å². The van der Waals surface area contributed by atoms with Crippen LogP contribution in [0, 0.1) is 17.5 Å². The van der Waals surface area contributed by atoms with Gasteiger partial charge >= 0.3 is 0 Å². The maximum atomic E-state index is 14.2. The highest BCUT2D eigenvalue weighted by Crippen LogP contribution is 2.30. The van der Waals surface area contributed by atoms with Crippen LogP contribution >= 0.6 is 0 Å². The molecule has 0 saturated heterocycles. The third-order valence-corrected chi connectivity index (χ3v) is 4.51. The second-order valence-electron chi connectivity index (χ2n) is 6.38. The van der Waals surface area contributed by atoms with Crippen LogP contribution in [0.2, 0.25) is 0 Å². The molecule has 0 atom stereocenters. The Hall–Kier alpha value is -3.53. The lowest BCUT2D eigenvalue weighted by atomic mass is 10.00. The summed E-state index contributed by atoms with van der Waals surface area (Å²) < 4.78 is 41.1. The van der Waals surface area contributed by atoms with Crippen LogP contribution in [-0.4, -0.2) is 0 Å². The van der Waals surface area contributed by atoms with Crippen LogP contribution in [0.5, 0.6) is 0 Å². The highest BCUT2D eigenvalue weighted by atomic mass is 19.1. The first-order valence-electron chi connectivity index (χ1n) is 8.78. The number of nitrogens with one attached hydrogen (secondary N) is 1. The number of benzene rings is 4. The third kappa shape index (κ3) is 3.76. The molecule has 4 heteroatoms. The predicted octanol–water partition coefficient (Wildman–Crippen LogP) is 7.18. The number of para-hydroxylation sites is 1. The first-order valence-corrected chi connectivity index (χ1v) is 8.78. The lowest BCUT2D eigenvalue weighted by Crippen LogP contribution is -1.96. The minimum atomic E-state index is -0.463. The summed E-state index contributed by atoms with van der Waals surface area (Å²) in [6.07, 6.45) is 0. The van der Waals surface area contributed by atoms with E-state index in [1.165, 1.54) is 24.3 Å². The quantitative estimate of drug-likeness (QED) is 0.398. The van der Waals surface area contributed by atoms with E-state index in [1.54, 1.807) is 42.5 Å². The van der Waals surface area contributed by atoms with Gasteiger partial charge in [0, 0.05) is 0 Å². The molecule has 0 spiro atoms. The molecule has 1 nitrogen and oxygen atoms in total. The molecule has 0 bridgehead atoms. The fraction of sp³-hybridized carbons (Fsp3) is 0. The van der Waals surface area contributed by atoms with Crippen LogP contribution in [0.15, 0.2) is 91.0 Å². The molecule has 4 aromatic carbocycles. The topological polar surface area (TPSA) is 12.0 Å². The van der Waals surface area contributed by atoms with Crippen LogP contribution in [0.1, 0.15) is 0 Å². The largest absolute Gasteiger partial charge is 0.351 e. The van der Waals surface area contributed by atoms with Crippen molar-refractivity contribution in [3.05, 3.63) is 108 Å². The molecule has 0 fully saturated rings. The predicted molar refractivity (Wildman–Crippen MR) is 107 cm³/mol. The molecule has 1 N–H and O–H groups in total. The molecule has 0 radical (unpaired) electrons. The summed E-state index contributed by atoms with van der Waals surface area (Å²) in [4.78, 5) is 0. The number of halogens is 3. The molecule has 0 aliphatic heterocycles. The second-order valence-corrected chi connectivity index (χ2v) is 6.38. The minimum absolute atomic E-state index is 0.199. The average molecular weight is 375 g/mol. The number of hydrogen-bond acceptors (Lipinski definition) is 1. The fourth-order valence-corrected chi connectivity index (χ4v) is 3.01. The van der Waals surface area contributed by atoms with Gasteiger partial charge in [-0.2, -0.15) is 0 Å². The Bertz CT molecular complexity index is 1100. The monoisotopic (exact) mass is 375 g/mol. The van der Waals surface area contributed by atoms with Gasteiger partial charge in [-0.05, 0) is 58.7 Å². The normalized spacial score (nSPS) is 10.7. The SMILES string of the molecule is Fc1ccc(-c2ccc(-c3ccc(F)c(Nc4ccccc4F)c3)cc2)cc1. The van der Waals surface area contributed by atoms with Gasteiger partial charge in [0.2, 0.25) is 0 Å². The maximum Gasteiger partial charge on any atom is 0.146 e. The zero-order valence-electron chi connectivity index (χ0n) is 14.8. The smallest absolute Gasteiger partial charge is 0.146 e. The standard InChI is InChI=1S/C24H16F3N/c25-20-12-9-17(10-13-20)16-5-7-18(8-6-16)19-11-14-22(27)24(15-19)28-23-4-2-1-3-21(23)26/h1-15,28H. The molecular formula is C24H16F3N. The Labute approximate surface area is 161 Å². The van der Waals surface area contributed by atoms with Crippen LogP contribution < -0.4 is 5.32 Å². The summed E-state index contributed by atoms with van der Waals surface area (Å²) in [7, 11) is 0. The summed E-state index contributed by atoms with van der Waals surface area (Å²) in [6, 6.07) is 24.8. The van der Waals surface area contributed by atoms with Crippen molar-refractivity contribution < 1.29 is 13.2 Å². The molecule has 138 valence electrons. The summed E-state index contributed by atoms with van der Waals surface area (Å²) in [5, 5.41) is 2.81. The van der Waals surface area contributed by atoms with Crippen molar-refractivity contribution in [1.29, 1.82) is 0 Å². The number of anilines is 2. The van der Waals surface area contributed by atoms with Gasteiger partial charge in [0.1, 0.15) is 17.5 Å². The highest BCUT2D eigenvalue weighted by molar-refractivity contribution is 5.74. The van der Waals surface area contributed by atoms with Crippen molar-refractivity contribution in [2.75, 3.05) is 5.32 Å². The summed E-state index contributed by atoms with van der Waals surface area (Å²) in [5.41, 5.74) is 3.97. The van der Waals surface area contributed by atoms with Crippen LogP contribution in [0.25, 0.3) is 22.3 Å². The Morgan fingerprint density at radius 3 is 1.61 bits per heavy atom. The number of hydrogen-bond donors (Lipinski definition) is 1. The highest BCUT2D eigenvalue weighted by Gasteiger charge is 2.08. The van der Waals surface area contributed by atoms with Gasteiger partial charge < -0.3 is 5.32 Å². The van der Waals surface area contributed by atoms with E-state index >= 15 is 0 Å². The zero-order chi connectivity index (χ0) is 19.5. The molecule has 4 rings (SSSR count). The van der Waals surface area contributed by atoms with E-state index in [2.05, 4.69) is 5.32 Å². The average Bonchev–Trinajstić information content (AvgIpc) is 2.72. The molecule has 0 aromatic heterocycles. The van der Waals surface area contributed by atoms with Crippen LogP contribution in [0.4, 0.5) is 24.5 Å². The fourth-order valence-electron chi connectivity index (χ4n) is 3.01. The van der Waals surface area contributed by atoms with E-state index in [0.717, 1.165) is 22.3 Å². The lowest BCUT2D eigenvalue weighted by Gasteiger charge is -2.11. The van der Waals surface area contributed by atoms with E-state index in [1.807, 2.05) is 24.3 Å². The van der Waals surface area contributed by atoms with Gasteiger partial charge in [-0.15, -0.1) is 0 Å². The van der Waals surface area contributed by atoms with Crippen molar-refractivity contribution in [3.8, 4) is 22.3 Å². The van der Waals surface area contributed by atoms with Crippen molar-refractivity contribution in [2.24, 2.45) is 0 Å². The van der Waals surface area contributed by atoms with E-state index in [9.17, 15) is 13.2 Å². The Balaban J connectivity index is 1.62. The molecule has 0 saturated carbocycles. The Morgan fingerprint density at radius 2 is 0.964 bits per heavy atom. The number of rotatable bonds is 4. The van der Waals surface area contributed by atoms with Crippen molar-refractivity contribution in [3.63, 3.8) is 0 Å². The molecule has 0 aliphatic rings. The van der Waals surface area contributed by atoms with Gasteiger partial charge in [0.05, 0.1) is 11.4 Å². The van der Waals surface area contributed by atoms with Gasteiger partial charge in [-0.25, -0.2) is 13.2 Å². The van der Waals surface area contributed by atoms with E-state index in [0.29, 0.717) is 0 Å². The minimum Gasteiger partial charge on any atom is -0.351 e. The zero-order valence-corrected chi connectivity index (χ0v) is 14.8. The molecular weight excluding hydrogens is 359 g/mol. The molecule has 28 heavy (non-hydrogen) atoms. The Kier molecular flexibility index (Phi) is 4.85. The van der Waals surface area contributed by atoms with Crippen molar-refractivity contribution >= 4 is 11.4 Å². The maximum absolute atomic E-state index is 14.2. The van der Waals surface area contributed by atoms with Gasteiger partial charge in [0.15, 0.2) is 0 Å². The van der Waals surface area contributed by atoms with Crippen LogP contribution in [-0.2, 0) is 0 Å². The molecule has 0 aliphatic carbocycles. The third-order valence-electron chi connectivity index (χ3n) is 4.51. The van der Waals surface area contributed by atoms with E-state index in [4.69, 9.17) is 0 Å². The van der Waals surface area contributed by atoms with Crippen LogP contribution in [0.3, 0.4) is 0 Å². The van der Waals surface area contributed by atoms with E-state index < -0.39 is 11.6 Å². The van der Waals surface area contributed by atoms with Gasteiger partial charge in [-0.3, -0.25) is 0 Å². The molecule has 0 amide bonds. The van der Waals surface area contributed by atoms with Gasteiger partial charge in [-0.1, -0.05) is 54.6 Å². The van der Waals surface area contributed by atoms with Crippen molar-refractivity contribution in [2.45, 2.75) is 0 Å². The second kappa shape index (κ2) is 7.61. The van der Waals surface area contributed by atoms with E-state index in [-0.39, 0.29) is 17.2 Å². The summed E-state index contributed by atoms with van der Waals surface area (Å²) >= 11 is 0. The first kappa shape index (κ1) is 17.9. The molecule has 0 unspecified atom stereocenters. The lowest BCUT2D eigenvalue weighted by molar-refractivity contribution is 0.625. The summed E-state index contributed by atoms with van der Waals surface area (Å²) in [5.74, 6) is -1.19. The van der Waals surface area contributed by atoms with Crippen molar-refractivity contribution in [1.82, 2.24) is 0 Å². The molecule has 0 heterocycles. The Morgan fingerprint density at radius 1 is 0.464 bits per heavy atom. The molecule has 4 aromatic rings.